The lowest BCUT2D eigenvalue weighted by Gasteiger charge is -2.53. The van der Waals surface area contributed by atoms with E-state index in [1.54, 1.807) is 0 Å². The maximum absolute atomic E-state index is 12.9. The van der Waals surface area contributed by atoms with Crippen molar-refractivity contribution in [2.75, 3.05) is 30.9 Å². The summed E-state index contributed by atoms with van der Waals surface area (Å²) in [5, 5.41) is 25.0. The van der Waals surface area contributed by atoms with Gasteiger partial charge in [-0.2, -0.15) is 0 Å². The maximum Gasteiger partial charge on any atom is 0.313 e. The minimum Gasteiger partial charge on any atom is -0.481 e. The lowest BCUT2D eigenvalue weighted by atomic mass is 9.89. The zero-order valence-corrected chi connectivity index (χ0v) is 22.5. The third kappa shape index (κ3) is 4.75. The molecule has 3 atom stereocenters. The van der Waals surface area contributed by atoms with E-state index in [4.69, 9.17) is 10.6 Å². The molecule has 4 rings (SSSR count). The molecule has 182 valence electrons. The summed E-state index contributed by atoms with van der Waals surface area (Å²) < 4.78 is 1.18. The van der Waals surface area contributed by atoms with Crippen LogP contribution in [0.4, 0.5) is 5.13 Å². The smallest absolute Gasteiger partial charge is 0.313 e. The van der Waals surface area contributed by atoms with Crippen LogP contribution < -0.4 is 11.1 Å². The Hall–Kier alpha value is -1.95. The first-order chi connectivity index (χ1) is 16.1. The molecule has 2 aromatic heterocycles. The predicted molar refractivity (Wildman–Crippen MR) is 133 cm³/mol. The highest BCUT2D eigenvalue weighted by Crippen LogP contribution is 2.44. The molecule has 0 saturated carbocycles. The predicted octanol–water partition coefficient (Wildman–Crippen LogP) is 1.26. The SMILES string of the molecule is CON=C(C(=O)NC1C(=O)N2CC(CSc3nnc(C)s3)(C(=O)O)CS[C@H]12)c1nc(N)sc1Br. The number of carboxylic acid groups (broad SMARTS) is 1. The molecule has 0 aliphatic carbocycles. The molecule has 34 heavy (non-hydrogen) atoms. The van der Waals surface area contributed by atoms with Crippen molar-refractivity contribution in [2.24, 2.45) is 10.6 Å². The van der Waals surface area contributed by atoms with Crippen LogP contribution in [0.3, 0.4) is 0 Å². The lowest BCUT2D eigenvalue weighted by molar-refractivity contribution is -0.157. The Morgan fingerprint density at radius 1 is 1.44 bits per heavy atom. The van der Waals surface area contributed by atoms with Crippen LogP contribution in [0.2, 0.25) is 0 Å². The molecule has 2 amide bonds. The second-order valence-corrected chi connectivity index (χ2v) is 13.2. The van der Waals surface area contributed by atoms with E-state index in [1.807, 2.05) is 6.92 Å². The van der Waals surface area contributed by atoms with E-state index in [0.29, 0.717) is 8.13 Å². The average Bonchev–Trinajstić information content (AvgIpc) is 3.37. The standard InChI is InChI=1S/C17H18BrN7O5S4/c1-6-22-23-16(33-6)32-5-17(14(28)29)3-25-12(27)9(13(25)31-4-17)20-11(26)8(24-30-2)7-10(18)34-15(19)21-7/h9,13H,3-5H2,1-2H3,(H2,19,21)(H,20,26)(H,28,29)/t9?,13-,17?/m1/s1. The Kier molecular flexibility index (Phi) is 7.37. The number of carboxylic acids is 1. The van der Waals surface area contributed by atoms with Crippen LogP contribution in [0, 0.1) is 12.3 Å². The van der Waals surface area contributed by atoms with Gasteiger partial charge in [0.15, 0.2) is 15.2 Å². The van der Waals surface area contributed by atoms with Gasteiger partial charge in [0.05, 0.1) is 0 Å². The Morgan fingerprint density at radius 3 is 2.79 bits per heavy atom. The number of β-lactam (4-membered cyclic amide) rings is 1. The normalized spacial score (nSPS) is 24.4. The molecule has 4 N–H and O–H groups in total. The highest BCUT2D eigenvalue weighted by molar-refractivity contribution is 9.11. The molecule has 2 saturated heterocycles. The van der Waals surface area contributed by atoms with Crippen LogP contribution >= 0.6 is 62.1 Å². The minimum absolute atomic E-state index is 0.0448. The van der Waals surface area contributed by atoms with Crippen LogP contribution in [0.15, 0.2) is 13.3 Å². The number of thiazole rings is 1. The monoisotopic (exact) mass is 607 g/mol. The van der Waals surface area contributed by atoms with Gasteiger partial charge in [-0.15, -0.1) is 22.0 Å². The quantitative estimate of drug-likeness (QED) is 0.170. The number of hydrogen-bond donors (Lipinski definition) is 3. The average molecular weight is 609 g/mol. The number of hydrogen-bond acceptors (Lipinski definition) is 13. The zero-order valence-electron chi connectivity index (χ0n) is 17.7. The van der Waals surface area contributed by atoms with Gasteiger partial charge in [-0.3, -0.25) is 14.4 Å². The number of anilines is 1. The first kappa shape index (κ1) is 25.2. The van der Waals surface area contributed by atoms with Crippen molar-refractivity contribution >= 4 is 90.8 Å². The van der Waals surface area contributed by atoms with Gasteiger partial charge in [-0.1, -0.05) is 39.6 Å². The second kappa shape index (κ2) is 9.96. The Labute approximate surface area is 218 Å². The third-order valence-corrected chi connectivity index (χ3v) is 10.5. The van der Waals surface area contributed by atoms with Crippen LogP contribution in [0.5, 0.6) is 0 Å². The molecule has 12 nitrogen and oxygen atoms in total. The molecule has 2 aromatic rings. The minimum atomic E-state index is -1.14. The third-order valence-electron chi connectivity index (χ3n) is 5.09. The molecular formula is C17H18BrN7O5S4. The Morgan fingerprint density at radius 2 is 2.21 bits per heavy atom. The van der Waals surface area contributed by atoms with Crippen molar-refractivity contribution < 1.29 is 24.3 Å². The first-order valence-electron chi connectivity index (χ1n) is 9.58. The van der Waals surface area contributed by atoms with E-state index in [1.165, 1.54) is 46.9 Å². The van der Waals surface area contributed by atoms with Crippen molar-refractivity contribution in [2.45, 2.75) is 22.7 Å². The van der Waals surface area contributed by atoms with Gasteiger partial charge in [0, 0.05) is 18.1 Å². The lowest BCUT2D eigenvalue weighted by Crippen LogP contribution is -2.74. The Bertz CT molecular complexity index is 1170. The molecule has 0 bridgehead atoms. The Balaban J connectivity index is 1.44. The summed E-state index contributed by atoms with van der Waals surface area (Å²) >= 11 is 8.45. The second-order valence-electron chi connectivity index (χ2n) is 7.38. The molecule has 0 aromatic carbocycles. The largest absolute Gasteiger partial charge is 0.481 e. The number of thioether (sulfide) groups is 2. The zero-order chi connectivity index (χ0) is 24.6. The molecule has 0 spiro atoms. The maximum atomic E-state index is 12.9. The number of carbonyl (C=O) groups excluding carboxylic acids is 2. The summed E-state index contributed by atoms with van der Waals surface area (Å²) in [6.07, 6.45) is 0. The number of carbonyl (C=O) groups is 3. The molecule has 2 unspecified atom stereocenters. The van der Waals surface area contributed by atoms with Gasteiger partial charge in [0.1, 0.15) is 38.4 Å². The van der Waals surface area contributed by atoms with Gasteiger partial charge in [0.2, 0.25) is 5.91 Å². The van der Waals surface area contributed by atoms with Gasteiger partial charge >= 0.3 is 5.97 Å². The number of fused-ring (bicyclic) bond motifs is 1. The molecule has 2 aliphatic heterocycles. The van der Waals surface area contributed by atoms with Gasteiger partial charge in [0.25, 0.3) is 5.91 Å². The van der Waals surface area contributed by atoms with Crippen molar-refractivity contribution in [3.63, 3.8) is 0 Å². The van der Waals surface area contributed by atoms with E-state index >= 15 is 0 Å². The number of aliphatic carboxylic acids is 1. The number of nitrogens with two attached hydrogens (primary N) is 1. The summed E-state index contributed by atoms with van der Waals surface area (Å²) in [6, 6.07) is -0.820. The highest BCUT2D eigenvalue weighted by Gasteiger charge is 2.57. The van der Waals surface area contributed by atoms with E-state index in [-0.39, 0.29) is 45.9 Å². The number of aromatic nitrogens is 3. The fraction of sp³-hybridized carbons (Fsp3) is 0.471. The van der Waals surface area contributed by atoms with Crippen LogP contribution in [0.25, 0.3) is 0 Å². The topological polar surface area (TPSA) is 173 Å². The van der Waals surface area contributed by atoms with Crippen molar-refractivity contribution in [3.8, 4) is 0 Å². The molecule has 2 fully saturated rings. The van der Waals surface area contributed by atoms with E-state index in [2.05, 4.69) is 41.6 Å². The molecule has 2 aliphatic rings. The molecular weight excluding hydrogens is 590 g/mol. The van der Waals surface area contributed by atoms with Crippen LogP contribution in [-0.4, -0.2) is 85.3 Å². The number of rotatable bonds is 8. The first-order valence-corrected chi connectivity index (χ1v) is 14.0. The van der Waals surface area contributed by atoms with E-state index < -0.39 is 23.3 Å². The fourth-order valence-electron chi connectivity index (χ4n) is 3.40. The fourth-order valence-corrected chi connectivity index (χ4v) is 8.41. The number of aryl methyl sites for hydroxylation is 1. The summed E-state index contributed by atoms with van der Waals surface area (Å²) in [7, 11) is 1.29. The number of nitrogens with zero attached hydrogens (tertiary/aromatic N) is 5. The van der Waals surface area contributed by atoms with Gasteiger partial charge in [-0.05, 0) is 22.9 Å². The van der Waals surface area contributed by atoms with Crippen LogP contribution in [0.1, 0.15) is 10.7 Å². The van der Waals surface area contributed by atoms with Gasteiger partial charge in [-0.25, -0.2) is 4.98 Å². The van der Waals surface area contributed by atoms with Crippen molar-refractivity contribution in [3.05, 3.63) is 14.5 Å². The molecule has 0 radical (unpaired) electrons. The summed E-state index contributed by atoms with van der Waals surface area (Å²) in [5.74, 6) is -1.46. The number of nitrogens with one attached hydrogen (secondary N) is 1. The summed E-state index contributed by atoms with van der Waals surface area (Å²) in [5.41, 5.74) is 4.64. The number of nitrogen functional groups attached to an aromatic ring is 1. The number of halogens is 1. The summed E-state index contributed by atoms with van der Waals surface area (Å²) in [6.45, 7) is 1.87. The van der Waals surface area contributed by atoms with Gasteiger partial charge < -0.3 is 25.9 Å². The van der Waals surface area contributed by atoms with E-state index in [9.17, 15) is 19.5 Å². The van der Waals surface area contributed by atoms with Crippen molar-refractivity contribution in [1.82, 2.24) is 25.4 Å². The molecule has 17 heteroatoms. The molecule has 4 heterocycles. The summed E-state index contributed by atoms with van der Waals surface area (Å²) in [4.78, 5) is 48.3. The number of amides is 2. The highest BCUT2D eigenvalue weighted by atomic mass is 79.9. The van der Waals surface area contributed by atoms with E-state index in [0.717, 1.165) is 16.3 Å². The van der Waals surface area contributed by atoms with Crippen LogP contribution in [-0.2, 0) is 19.2 Å². The number of oxime groups is 1. The van der Waals surface area contributed by atoms with Crippen molar-refractivity contribution in [1.29, 1.82) is 0 Å².